The van der Waals surface area contributed by atoms with Gasteiger partial charge in [-0.2, -0.15) is 0 Å². The SMILES string of the molecule is CCCC1CCN(CC(=O)c2ccc(OC)c(Br)c2)CC1. The first-order chi connectivity index (χ1) is 10.1. The van der Waals surface area contributed by atoms with Crippen LogP contribution in [-0.4, -0.2) is 37.4 Å². The highest BCUT2D eigenvalue weighted by molar-refractivity contribution is 9.10. The molecule has 0 N–H and O–H groups in total. The highest BCUT2D eigenvalue weighted by Crippen LogP contribution is 2.26. The van der Waals surface area contributed by atoms with E-state index in [0.717, 1.165) is 34.8 Å². The second-order valence-electron chi connectivity index (χ2n) is 5.78. The molecular weight excluding hydrogens is 330 g/mol. The van der Waals surface area contributed by atoms with E-state index in [2.05, 4.69) is 27.8 Å². The third-order valence-electron chi connectivity index (χ3n) is 4.25. The fraction of sp³-hybridized carbons (Fsp3) is 0.588. The van der Waals surface area contributed by atoms with Gasteiger partial charge in [0.25, 0.3) is 0 Å². The minimum atomic E-state index is 0.187. The third kappa shape index (κ3) is 4.55. The molecule has 1 aromatic carbocycles. The molecule has 116 valence electrons. The highest BCUT2D eigenvalue weighted by Gasteiger charge is 2.21. The molecule has 0 atom stereocenters. The van der Waals surface area contributed by atoms with Crippen LogP contribution in [0.25, 0.3) is 0 Å². The first kappa shape index (κ1) is 16.5. The molecule has 3 nitrogen and oxygen atoms in total. The maximum absolute atomic E-state index is 12.4. The predicted molar refractivity (Wildman–Crippen MR) is 89.1 cm³/mol. The Labute approximate surface area is 135 Å². The molecule has 1 aliphatic heterocycles. The van der Waals surface area contributed by atoms with E-state index < -0.39 is 0 Å². The molecule has 1 saturated heterocycles. The Balaban J connectivity index is 1.89. The zero-order valence-electron chi connectivity index (χ0n) is 12.9. The number of nitrogens with zero attached hydrogens (tertiary/aromatic N) is 1. The zero-order chi connectivity index (χ0) is 15.2. The molecule has 0 unspecified atom stereocenters. The van der Waals surface area contributed by atoms with Gasteiger partial charge in [0.15, 0.2) is 5.78 Å². The Morgan fingerprint density at radius 1 is 1.38 bits per heavy atom. The van der Waals surface area contributed by atoms with Crippen molar-refractivity contribution < 1.29 is 9.53 Å². The molecule has 21 heavy (non-hydrogen) atoms. The minimum Gasteiger partial charge on any atom is -0.496 e. The summed E-state index contributed by atoms with van der Waals surface area (Å²) in [6, 6.07) is 5.53. The number of methoxy groups -OCH3 is 1. The van der Waals surface area contributed by atoms with E-state index in [-0.39, 0.29) is 5.78 Å². The van der Waals surface area contributed by atoms with Crippen LogP contribution in [0.5, 0.6) is 5.75 Å². The molecule has 0 amide bonds. The molecule has 1 aliphatic rings. The Bertz CT molecular complexity index is 482. The van der Waals surface area contributed by atoms with Gasteiger partial charge in [-0.3, -0.25) is 9.69 Å². The summed E-state index contributed by atoms with van der Waals surface area (Å²) in [7, 11) is 1.63. The van der Waals surface area contributed by atoms with Gasteiger partial charge in [-0.15, -0.1) is 0 Å². The number of hydrogen-bond donors (Lipinski definition) is 0. The van der Waals surface area contributed by atoms with E-state index in [0.29, 0.717) is 6.54 Å². The number of carbonyl (C=O) groups excluding carboxylic acids is 1. The summed E-state index contributed by atoms with van der Waals surface area (Å²) in [4.78, 5) is 14.7. The molecule has 1 heterocycles. The summed E-state index contributed by atoms with van der Waals surface area (Å²) < 4.78 is 6.03. The number of ether oxygens (including phenoxy) is 1. The summed E-state index contributed by atoms with van der Waals surface area (Å²) in [5.41, 5.74) is 0.748. The van der Waals surface area contributed by atoms with Crippen LogP contribution < -0.4 is 4.74 Å². The predicted octanol–water partition coefficient (Wildman–Crippen LogP) is 4.15. The van der Waals surface area contributed by atoms with Crippen molar-refractivity contribution in [2.45, 2.75) is 32.6 Å². The molecular formula is C17H24BrNO2. The second kappa shape index (κ2) is 7.95. The molecule has 0 saturated carbocycles. The van der Waals surface area contributed by atoms with E-state index in [9.17, 15) is 4.79 Å². The maximum Gasteiger partial charge on any atom is 0.176 e. The van der Waals surface area contributed by atoms with Crippen LogP contribution in [0.1, 0.15) is 43.0 Å². The molecule has 0 radical (unpaired) electrons. The number of likely N-dealkylation sites (tertiary alicyclic amines) is 1. The first-order valence-electron chi connectivity index (χ1n) is 7.73. The van der Waals surface area contributed by atoms with Crippen LogP contribution in [-0.2, 0) is 0 Å². The molecule has 0 bridgehead atoms. The minimum absolute atomic E-state index is 0.187. The standard InChI is InChI=1S/C17H24BrNO2/c1-3-4-13-7-9-19(10-8-13)12-16(20)14-5-6-17(21-2)15(18)11-14/h5-6,11,13H,3-4,7-10,12H2,1-2H3. The lowest BCUT2D eigenvalue weighted by Crippen LogP contribution is -2.37. The number of halogens is 1. The quantitative estimate of drug-likeness (QED) is 0.719. The van der Waals surface area contributed by atoms with Crippen LogP contribution >= 0.6 is 15.9 Å². The third-order valence-corrected chi connectivity index (χ3v) is 4.86. The average Bonchev–Trinajstić information content (AvgIpc) is 2.49. The molecule has 0 aromatic heterocycles. The number of hydrogen-bond acceptors (Lipinski definition) is 3. The van der Waals surface area contributed by atoms with Crippen LogP contribution in [0.15, 0.2) is 22.7 Å². The molecule has 2 rings (SSSR count). The van der Waals surface area contributed by atoms with Crippen molar-refractivity contribution in [2.24, 2.45) is 5.92 Å². The van der Waals surface area contributed by atoms with Gasteiger partial charge in [0, 0.05) is 5.56 Å². The van der Waals surface area contributed by atoms with Crippen molar-refractivity contribution in [3.8, 4) is 5.75 Å². The van der Waals surface area contributed by atoms with Gasteiger partial charge in [0.1, 0.15) is 5.75 Å². The van der Waals surface area contributed by atoms with Gasteiger partial charge in [-0.1, -0.05) is 19.8 Å². The van der Waals surface area contributed by atoms with Crippen molar-refractivity contribution in [1.82, 2.24) is 4.90 Å². The van der Waals surface area contributed by atoms with Gasteiger partial charge < -0.3 is 4.74 Å². The van der Waals surface area contributed by atoms with Crippen LogP contribution in [0.3, 0.4) is 0 Å². The van der Waals surface area contributed by atoms with Gasteiger partial charge in [-0.05, 0) is 66.0 Å². The van der Waals surface area contributed by atoms with Crippen molar-refractivity contribution in [2.75, 3.05) is 26.7 Å². The summed E-state index contributed by atoms with van der Waals surface area (Å²) in [6.45, 7) is 4.87. The van der Waals surface area contributed by atoms with E-state index in [1.54, 1.807) is 7.11 Å². The van der Waals surface area contributed by atoms with Crippen LogP contribution in [0, 0.1) is 5.92 Å². The van der Waals surface area contributed by atoms with Crippen molar-refractivity contribution in [1.29, 1.82) is 0 Å². The molecule has 0 spiro atoms. The number of rotatable bonds is 6. The van der Waals surface area contributed by atoms with Gasteiger partial charge >= 0.3 is 0 Å². The Kier molecular flexibility index (Phi) is 6.24. The summed E-state index contributed by atoms with van der Waals surface area (Å²) >= 11 is 3.44. The fourth-order valence-corrected chi connectivity index (χ4v) is 3.52. The summed E-state index contributed by atoms with van der Waals surface area (Å²) in [5, 5.41) is 0. The number of Topliss-reactive ketones (excluding diaryl/α,β-unsaturated/α-hetero) is 1. The Hall–Kier alpha value is -0.870. The molecule has 4 heteroatoms. The molecule has 0 aliphatic carbocycles. The largest absolute Gasteiger partial charge is 0.496 e. The second-order valence-corrected chi connectivity index (χ2v) is 6.64. The molecule has 1 fully saturated rings. The highest BCUT2D eigenvalue weighted by atomic mass is 79.9. The average molecular weight is 354 g/mol. The van der Waals surface area contributed by atoms with E-state index in [1.165, 1.54) is 25.7 Å². The summed E-state index contributed by atoms with van der Waals surface area (Å²) in [6.07, 6.45) is 5.05. The smallest absolute Gasteiger partial charge is 0.176 e. The maximum atomic E-state index is 12.4. The first-order valence-corrected chi connectivity index (χ1v) is 8.52. The lowest BCUT2D eigenvalue weighted by atomic mass is 9.92. The Morgan fingerprint density at radius 2 is 2.10 bits per heavy atom. The van der Waals surface area contributed by atoms with E-state index in [1.807, 2.05) is 18.2 Å². The zero-order valence-corrected chi connectivity index (χ0v) is 14.5. The van der Waals surface area contributed by atoms with Crippen LogP contribution in [0.4, 0.5) is 0 Å². The Morgan fingerprint density at radius 3 is 2.67 bits per heavy atom. The van der Waals surface area contributed by atoms with Gasteiger partial charge in [0.2, 0.25) is 0 Å². The normalized spacial score (nSPS) is 16.9. The number of benzene rings is 1. The van der Waals surface area contributed by atoms with Gasteiger partial charge in [0.05, 0.1) is 18.1 Å². The monoisotopic (exact) mass is 353 g/mol. The number of ketones is 1. The van der Waals surface area contributed by atoms with Crippen molar-refractivity contribution in [3.63, 3.8) is 0 Å². The lowest BCUT2D eigenvalue weighted by molar-refractivity contribution is 0.0893. The van der Waals surface area contributed by atoms with Crippen molar-refractivity contribution >= 4 is 21.7 Å². The van der Waals surface area contributed by atoms with Crippen molar-refractivity contribution in [3.05, 3.63) is 28.2 Å². The topological polar surface area (TPSA) is 29.5 Å². The summed E-state index contributed by atoms with van der Waals surface area (Å²) in [5.74, 6) is 1.80. The van der Waals surface area contributed by atoms with Crippen LogP contribution in [0.2, 0.25) is 0 Å². The fourth-order valence-electron chi connectivity index (χ4n) is 2.98. The number of piperidine rings is 1. The number of carbonyl (C=O) groups is 1. The van der Waals surface area contributed by atoms with E-state index in [4.69, 9.17) is 4.74 Å². The molecule has 1 aromatic rings. The van der Waals surface area contributed by atoms with E-state index >= 15 is 0 Å². The lowest BCUT2D eigenvalue weighted by Gasteiger charge is -2.31. The van der Waals surface area contributed by atoms with Gasteiger partial charge in [-0.25, -0.2) is 0 Å².